The van der Waals surface area contributed by atoms with Gasteiger partial charge in [-0.15, -0.1) is 6.58 Å². The third-order valence-corrected chi connectivity index (χ3v) is 3.19. The predicted octanol–water partition coefficient (Wildman–Crippen LogP) is 2.23. The number of rotatable bonds is 4. The van der Waals surface area contributed by atoms with E-state index < -0.39 is 0 Å². The predicted molar refractivity (Wildman–Crippen MR) is 78.8 cm³/mol. The monoisotopic (exact) mass is 273 g/mol. The number of nitrogens with zero attached hydrogens (tertiary/aromatic N) is 1. The fourth-order valence-corrected chi connectivity index (χ4v) is 2.14. The minimum absolute atomic E-state index is 0.0603. The van der Waals surface area contributed by atoms with E-state index in [1.807, 2.05) is 4.90 Å². The lowest BCUT2D eigenvalue weighted by Gasteiger charge is -2.15. The highest BCUT2D eigenvalue weighted by molar-refractivity contribution is 5.95. The minimum atomic E-state index is -0.288. The van der Waals surface area contributed by atoms with Crippen LogP contribution in [0.3, 0.4) is 0 Å². The molecule has 0 radical (unpaired) electrons. The average Bonchev–Trinajstić information content (AvgIpc) is 2.99. The highest BCUT2D eigenvalue weighted by atomic mass is 16.2. The molecule has 5 nitrogen and oxygen atoms in total. The fourth-order valence-electron chi connectivity index (χ4n) is 2.14. The van der Waals surface area contributed by atoms with Crippen molar-refractivity contribution in [1.29, 1.82) is 0 Å². The number of benzene rings is 1. The molecule has 5 heteroatoms. The molecule has 106 valence electrons. The Morgan fingerprint density at radius 1 is 1.20 bits per heavy atom. The second-order valence-electron chi connectivity index (χ2n) is 4.70. The molecule has 0 spiro atoms. The number of nitrogens with one attached hydrogen (secondary N) is 2. The van der Waals surface area contributed by atoms with Crippen LogP contribution in [0.2, 0.25) is 0 Å². The number of hydrogen-bond donors (Lipinski definition) is 2. The Hall–Kier alpha value is -2.30. The van der Waals surface area contributed by atoms with Gasteiger partial charge in [-0.05, 0) is 37.1 Å². The van der Waals surface area contributed by atoms with Crippen molar-refractivity contribution in [2.75, 3.05) is 25.0 Å². The normalized spacial score (nSPS) is 13.9. The molecule has 2 N–H and O–H groups in total. The Bertz CT molecular complexity index is 490. The number of hydrogen-bond acceptors (Lipinski definition) is 2. The van der Waals surface area contributed by atoms with Crippen molar-refractivity contribution in [2.24, 2.45) is 0 Å². The summed E-state index contributed by atoms with van der Waals surface area (Å²) in [5.41, 5.74) is 1.31. The van der Waals surface area contributed by atoms with Crippen LogP contribution in [-0.2, 0) is 0 Å². The van der Waals surface area contributed by atoms with Gasteiger partial charge in [0.2, 0.25) is 0 Å². The maximum absolute atomic E-state index is 12.1. The van der Waals surface area contributed by atoms with Gasteiger partial charge in [-0.1, -0.05) is 6.08 Å². The quantitative estimate of drug-likeness (QED) is 0.826. The van der Waals surface area contributed by atoms with Crippen molar-refractivity contribution in [2.45, 2.75) is 12.8 Å². The smallest absolute Gasteiger partial charge is 0.319 e. The molecular weight excluding hydrogens is 254 g/mol. The van der Waals surface area contributed by atoms with Crippen molar-refractivity contribution < 1.29 is 9.59 Å². The van der Waals surface area contributed by atoms with E-state index in [0.717, 1.165) is 25.9 Å². The lowest BCUT2D eigenvalue weighted by Crippen LogP contribution is -2.29. The summed E-state index contributed by atoms with van der Waals surface area (Å²) >= 11 is 0. The number of carbonyl (C=O) groups excluding carboxylic acids is 2. The molecule has 1 aromatic rings. The van der Waals surface area contributed by atoms with Crippen LogP contribution in [0.5, 0.6) is 0 Å². The van der Waals surface area contributed by atoms with E-state index in [1.54, 1.807) is 30.3 Å². The van der Waals surface area contributed by atoms with Crippen LogP contribution in [0.4, 0.5) is 10.5 Å². The number of carbonyl (C=O) groups is 2. The van der Waals surface area contributed by atoms with Crippen LogP contribution in [-0.4, -0.2) is 36.5 Å². The molecule has 0 atom stereocenters. The average molecular weight is 273 g/mol. The SMILES string of the molecule is C=CCNC(=O)Nc1ccc(C(=O)N2CCCC2)cc1. The molecule has 1 heterocycles. The van der Waals surface area contributed by atoms with Gasteiger partial charge in [0.25, 0.3) is 5.91 Å². The van der Waals surface area contributed by atoms with Gasteiger partial charge in [0.15, 0.2) is 0 Å². The van der Waals surface area contributed by atoms with E-state index in [4.69, 9.17) is 0 Å². The van der Waals surface area contributed by atoms with Crippen LogP contribution < -0.4 is 10.6 Å². The summed E-state index contributed by atoms with van der Waals surface area (Å²) in [5, 5.41) is 5.31. The van der Waals surface area contributed by atoms with Gasteiger partial charge in [-0.3, -0.25) is 4.79 Å². The highest BCUT2D eigenvalue weighted by Gasteiger charge is 2.19. The van der Waals surface area contributed by atoms with E-state index in [9.17, 15) is 9.59 Å². The summed E-state index contributed by atoms with van der Waals surface area (Å²) in [6.07, 6.45) is 3.76. The van der Waals surface area contributed by atoms with Crippen LogP contribution in [0.25, 0.3) is 0 Å². The molecule has 0 aliphatic carbocycles. The minimum Gasteiger partial charge on any atom is -0.339 e. The van der Waals surface area contributed by atoms with Gasteiger partial charge in [0.1, 0.15) is 0 Å². The van der Waals surface area contributed by atoms with Gasteiger partial charge in [-0.2, -0.15) is 0 Å². The Kier molecular flexibility index (Phi) is 4.76. The molecule has 20 heavy (non-hydrogen) atoms. The second kappa shape index (κ2) is 6.75. The first-order valence-electron chi connectivity index (χ1n) is 6.76. The third kappa shape index (κ3) is 3.60. The van der Waals surface area contributed by atoms with Crippen LogP contribution >= 0.6 is 0 Å². The van der Waals surface area contributed by atoms with E-state index in [0.29, 0.717) is 17.8 Å². The topological polar surface area (TPSA) is 61.4 Å². The van der Waals surface area contributed by atoms with Crippen molar-refractivity contribution in [3.63, 3.8) is 0 Å². The number of amides is 3. The summed E-state index contributed by atoms with van der Waals surface area (Å²) in [6, 6.07) is 6.66. The number of anilines is 1. The Morgan fingerprint density at radius 3 is 2.45 bits per heavy atom. The summed E-state index contributed by atoms with van der Waals surface area (Å²) in [5.74, 6) is 0.0603. The molecule has 1 saturated heterocycles. The Balaban J connectivity index is 1.93. The molecule has 0 bridgehead atoms. The summed E-state index contributed by atoms with van der Waals surface area (Å²) in [4.78, 5) is 25.5. The zero-order valence-electron chi connectivity index (χ0n) is 11.4. The largest absolute Gasteiger partial charge is 0.339 e. The lowest BCUT2D eigenvalue weighted by atomic mass is 10.2. The van der Waals surface area contributed by atoms with E-state index in [2.05, 4.69) is 17.2 Å². The van der Waals surface area contributed by atoms with Crippen molar-refractivity contribution in [3.8, 4) is 0 Å². The molecule has 1 fully saturated rings. The molecule has 0 saturated carbocycles. The van der Waals surface area contributed by atoms with Crippen LogP contribution in [0.1, 0.15) is 23.2 Å². The molecular formula is C15H19N3O2. The fraction of sp³-hybridized carbons (Fsp3) is 0.333. The van der Waals surface area contributed by atoms with Crippen molar-refractivity contribution in [3.05, 3.63) is 42.5 Å². The van der Waals surface area contributed by atoms with Gasteiger partial charge in [0, 0.05) is 30.9 Å². The Labute approximate surface area is 118 Å². The van der Waals surface area contributed by atoms with Crippen molar-refractivity contribution >= 4 is 17.6 Å². The lowest BCUT2D eigenvalue weighted by molar-refractivity contribution is 0.0793. The summed E-state index contributed by atoms with van der Waals surface area (Å²) in [7, 11) is 0. The number of likely N-dealkylation sites (tertiary alicyclic amines) is 1. The summed E-state index contributed by atoms with van der Waals surface area (Å²) in [6.45, 7) is 5.61. The molecule has 3 amide bonds. The standard InChI is InChI=1S/C15H19N3O2/c1-2-9-16-15(20)17-13-7-5-12(6-8-13)14(19)18-10-3-4-11-18/h2,5-8H,1,3-4,9-11H2,(H2,16,17,20). The summed E-state index contributed by atoms with van der Waals surface area (Å²) < 4.78 is 0. The van der Waals surface area contributed by atoms with Crippen LogP contribution in [0, 0.1) is 0 Å². The first-order chi connectivity index (χ1) is 9.70. The maximum atomic E-state index is 12.1. The maximum Gasteiger partial charge on any atom is 0.319 e. The van der Waals surface area contributed by atoms with Gasteiger partial charge >= 0.3 is 6.03 Å². The zero-order valence-corrected chi connectivity index (χ0v) is 11.4. The Morgan fingerprint density at radius 2 is 1.85 bits per heavy atom. The van der Waals surface area contributed by atoms with E-state index in [1.165, 1.54) is 0 Å². The van der Waals surface area contributed by atoms with E-state index in [-0.39, 0.29) is 11.9 Å². The third-order valence-electron chi connectivity index (χ3n) is 3.19. The van der Waals surface area contributed by atoms with Gasteiger partial charge in [0.05, 0.1) is 0 Å². The molecule has 0 aromatic heterocycles. The molecule has 1 aliphatic heterocycles. The van der Waals surface area contributed by atoms with Gasteiger partial charge < -0.3 is 15.5 Å². The first kappa shape index (κ1) is 14.1. The first-order valence-corrected chi connectivity index (χ1v) is 6.76. The molecule has 2 rings (SSSR count). The molecule has 1 aromatic carbocycles. The van der Waals surface area contributed by atoms with E-state index >= 15 is 0 Å². The van der Waals surface area contributed by atoms with Crippen LogP contribution in [0.15, 0.2) is 36.9 Å². The van der Waals surface area contributed by atoms with Crippen molar-refractivity contribution in [1.82, 2.24) is 10.2 Å². The number of urea groups is 1. The second-order valence-corrected chi connectivity index (χ2v) is 4.70. The van der Waals surface area contributed by atoms with Gasteiger partial charge in [-0.25, -0.2) is 4.79 Å². The highest BCUT2D eigenvalue weighted by Crippen LogP contribution is 2.15. The molecule has 1 aliphatic rings. The molecule has 0 unspecified atom stereocenters. The zero-order chi connectivity index (χ0) is 14.4.